The minimum atomic E-state index is -0.509. The number of aliphatic hydroxyl groups excluding tert-OH is 1. The van der Waals surface area contributed by atoms with Crippen molar-refractivity contribution in [1.29, 1.82) is 0 Å². The molecule has 0 radical (unpaired) electrons. The van der Waals surface area contributed by atoms with Gasteiger partial charge in [0, 0.05) is 30.7 Å². The Balaban J connectivity index is 2.20. The van der Waals surface area contributed by atoms with E-state index in [0.717, 1.165) is 11.1 Å². The van der Waals surface area contributed by atoms with Crippen molar-refractivity contribution in [2.75, 3.05) is 0 Å². The van der Waals surface area contributed by atoms with Gasteiger partial charge < -0.3 is 5.11 Å². The third-order valence-electron chi connectivity index (χ3n) is 2.75. The lowest BCUT2D eigenvalue weighted by Crippen LogP contribution is -2.07. The molecule has 16 heavy (non-hydrogen) atoms. The van der Waals surface area contributed by atoms with Crippen molar-refractivity contribution in [2.24, 2.45) is 0 Å². The van der Waals surface area contributed by atoms with Crippen LogP contribution in [0.2, 0.25) is 0 Å². The highest BCUT2D eigenvalue weighted by molar-refractivity contribution is 5.22. The topological polar surface area (TPSA) is 46.0 Å². The molecule has 0 aliphatic carbocycles. The van der Waals surface area contributed by atoms with E-state index in [-0.39, 0.29) is 5.92 Å². The van der Waals surface area contributed by atoms with Gasteiger partial charge >= 0.3 is 0 Å². The fourth-order valence-corrected chi connectivity index (χ4v) is 1.70. The lowest BCUT2D eigenvalue weighted by atomic mass is 9.92. The van der Waals surface area contributed by atoms with E-state index in [2.05, 4.69) is 9.97 Å². The van der Waals surface area contributed by atoms with E-state index in [1.54, 1.807) is 24.8 Å². The SMILES string of the molecule is CC(c1ccncc1)C(O)c1ccncc1. The van der Waals surface area contributed by atoms with Gasteiger partial charge in [-0.15, -0.1) is 0 Å². The highest BCUT2D eigenvalue weighted by Crippen LogP contribution is 2.29. The van der Waals surface area contributed by atoms with Crippen LogP contribution in [0.25, 0.3) is 0 Å². The van der Waals surface area contributed by atoms with Crippen molar-refractivity contribution in [3.8, 4) is 0 Å². The minimum Gasteiger partial charge on any atom is -0.388 e. The van der Waals surface area contributed by atoms with Crippen LogP contribution in [0, 0.1) is 0 Å². The van der Waals surface area contributed by atoms with Crippen LogP contribution in [-0.4, -0.2) is 15.1 Å². The van der Waals surface area contributed by atoms with Gasteiger partial charge in [-0.25, -0.2) is 0 Å². The Morgan fingerprint density at radius 2 is 1.31 bits per heavy atom. The van der Waals surface area contributed by atoms with E-state index < -0.39 is 6.10 Å². The molecule has 0 amide bonds. The van der Waals surface area contributed by atoms with Gasteiger partial charge in [-0.1, -0.05) is 6.92 Å². The molecule has 0 saturated carbocycles. The average Bonchev–Trinajstić information content (AvgIpc) is 2.39. The summed E-state index contributed by atoms with van der Waals surface area (Å²) in [4.78, 5) is 7.91. The molecule has 0 saturated heterocycles. The Bertz CT molecular complexity index is 387. The summed E-state index contributed by atoms with van der Waals surface area (Å²) in [7, 11) is 0. The molecule has 0 bridgehead atoms. The average molecular weight is 214 g/mol. The number of nitrogens with zero attached hydrogens (tertiary/aromatic N) is 2. The molecule has 2 heterocycles. The number of pyridine rings is 2. The van der Waals surface area contributed by atoms with Crippen LogP contribution >= 0.6 is 0 Å². The first-order valence-corrected chi connectivity index (χ1v) is 5.27. The quantitative estimate of drug-likeness (QED) is 0.852. The fraction of sp³-hybridized carbons (Fsp3) is 0.231. The first-order valence-electron chi connectivity index (χ1n) is 5.27. The number of rotatable bonds is 3. The molecule has 0 aliphatic heterocycles. The zero-order chi connectivity index (χ0) is 11.4. The summed E-state index contributed by atoms with van der Waals surface area (Å²) >= 11 is 0. The minimum absolute atomic E-state index is 0.0467. The first-order chi connectivity index (χ1) is 7.79. The van der Waals surface area contributed by atoms with Gasteiger partial charge in [-0.05, 0) is 35.4 Å². The van der Waals surface area contributed by atoms with Gasteiger partial charge in [0.15, 0.2) is 0 Å². The Kier molecular flexibility index (Phi) is 3.27. The summed E-state index contributed by atoms with van der Waals surface area (Å²) in [6.07, 6.45) is 6.36. The molecule has 1 N–H and O–H groups in total. The largest absolute Gasteiger partial charge is 0.388 e. The molecule has 2 unspecified atom stereocenters. The number of hydrogen-bond donors (Lipinski definition) is 1. The summed E-state index contributed by atoms with van der Waals surface area (Å²) in [5.74, 6) is 0.0467. The normalized spacial score (nSPS) is 14.4. The van der Waals surface area contributed by atoms with Crippen molar-refractivity contribution in [3.63, 3.8) is 0 Å². The first kappa shape index (κ1) is 10.8. The molecule has 3 nitrogen and oxygen atoms in total. The number of aromatic nitrogens is 2. The van der Waals surface area contributed by atoms with Crippen LogP contribution in [0.4, 0.5) is 0 Å². The Hall–Kier alpha value is -1.74. The van der Waals surface area contributed by atoms with Crippen LogP contribution in [0.5, 0.6) is 0 Å². The van der Waals surface area contributed by atoms with Gasteiger partial charge in [0.05, 0.1) is 6.10 Å². The number of aliphatic hydroxyl groups is 1. The van der Waals surface area contributed by atoms with Crippen LogP contribution in [0.1, 0.15) is 30.1 Å². The smallest absolute Gasteiger partial charge is 0.0856 e. The lowest BCUT2D eigenvalue weighted by molar-refractivity contribution is 0.151. The molecule has 0 spiro atoms. The molecule has 2 atom stereocenters. The highest BCUT2D eigenvalue weighted by atomic mass is 16.3. The molecular weight excluding hydrogens is 200 g/mol. The van der Waals surface area contributed by atoms with E-state index in [4.69, 9.17) is 0 Å². The molecule has 2 rings (SSSR count). The lowest BCUT2D eigenvalue weighted by Gasteiger charge is -2.19. The maximum absolute atomic E-state index is 10.2. The molecule has 0 fully saturated rings. The zero-order valence-corrected chi connectivity index (χ0v) is 9.12. The Morgan fingerprint density at radius 3 is 1.81 bits per heavy atom. The second kappa shape index (κ2) is 4.86. The van der Waals surface area contributed by atoms with Crippen molar-refractivity contribution >= 4 is 0 Å². The molecule has 2 aromatic rings. The zero-order valence-electron chi connectivity index (χ0n) is 9.12. The van der Waals surface area contributed by atoms with Gasteiger partial charge in [-0.3, -0.25) is 9.97 Å². The Morgan fingerprint density at radius 1 is 0.875 bits per heavy atom. The van der Waals surface area contributed by atoms with Gasteiger partial charge in [0.2, 0.25) is 0 Å². The molecule has 0 aromatic carbocycles. The molecule has 2 aromatic heterocycles. The third kappa shape index (κ3) is 2.25. The summed E-state index contributed by atoms with van der Waals surface area (Å²) in [5, 5.41) is 10.2. The van der Waals surface area contributed by atoms with Crippen molar-refractivity contribution in [3.05, 3.63) is 60.2 Å². The Labute approximate surface area is 94.8 Å². The van der Waals surface area contributed by atoms with E-state index in [0.29, 0.717) is 0 Å². The van der Waals surface area contributed by atoms with Crippen LogP contribution in [0.3, 0.4) is 0 Å². The standard InChI is InChI=1S/C13H14N2O/c1-10(11-2-6-14-7-3-11)13(16)12-4-8-15-9-5-12/h2-10,13,16H,1H3. The summed E-state index contributed by atoms with van der Waals surface area (Å²) < 4.78 is 0. The van der Waals surface area contributed by atoms with Crippen molar-refractivity contribution in [1.82, 2.24) is 9.97 Å². The third-order valence-corrected chi connectivity index (χ3v) is 2.75. The maximum Gasteiger partial charge on any atom is 0.0856 e. The van der Waals surface area contributed by atoms with Gasteiger partial charge in [0.25, 0.3) is 0 Å². The molecular formula is C13H14N2O. The van der Waals surface area contributed by atoms with E-state index in [1.807, 2.05) is 31.2 Å². The van der Waals surface area contributed by atoms with E-state index in [9.17, 15) is 5.11 Å². The monoisotopic (exact) mass is 214 g/mol. The summed E-state index contributed by atoms with van der Waals surface area (Å²) in [6.45, 7) is 2.00. The van der Waals surface area contributed by atoms with Crippen molar-refractivity contribution in [2.45, 2.75) is 18.9 Å². The van der Waals surface area contributed by atoms with Crippen LogP contribution < -0.4 is 0 Å². The van der Waals surface area contributed by atoms with E-state index >= 15 is 0 Å². The number of hydrogen-bond acceptors (Lipinski definition) is 3. The molecule has 3 heteroatoms. The van der Waals surface area contributed by atoms with Gasteiger partial charge in [-0.2, -0.15) is 0 Å². The molecule has 0 aliphatic rings. The predicted octanol–water partition coefficient (Wildman–Crippen LogP) is 2.31. The van der Waals surface area contributed by atoms with Gasteiger partial charge in [0.1, 0.15) is 0 Å². The fourth-order valence-electron chi connectivity index (χ4n) is 1.70. The maximum atomic E-state index is 10.2. The predicted molar refractivity (Wildman–Crippen MR) is 61.8 cm³/mol. The van der Waals surface area contributed by atoms with Crippen LogP contribution in [-0.2, 0) is 0 Å². The van der Waals surface area contributed by atoms with Crippen LogP contribution in [0.15, 0.2) is 49.1 Å². The van der Waals surface area contributed by atoms with E-state index in [1.165, 1.54) is 0 Å². The summed E-state index contributed by atoms with van der Waals surface area (Å²) in [6, 6.07) is 7.52. The highest BCUT2D eigenvalue weighted by Gasteiger charge is 2.17. The van der Waals surface area contributed by atoms with Crippen molar-refractivity contribution < 1.29 is 5.11 Å². The second-order valence-electron chi connectivity index (χ2n) is 3.79. The molecule has 82 valence electrons. The second-order valence-corrected chi connectivity index (χ2v) is 3.79. The summed E-state index contributed by atoms with van der Waals surface area (Å²) in [5.41, 5.74) is 1.97.